The van der Waals surface area contributed by atoms with Gasteiger partial charge in [-0.05, 0) is 54.8 Å². The number of carbonyl (C=O) groups is 2. The quantitative estimate of drug-likeness (QED) is 0.456. The van der Waals surface area contributed by atoms with Crippen LogP contribution in [0.4, 0.5) is 16.2 Å². The first-order valence-electron chi connectivity index (χ1n) is 11.5. The van der Waals surface area contributed by atoms with Crippen LogP contribution in [0.2, 0.25) is 5.02 Å². The number of allylic oxidation sites excluding steroid dienone is 1. The maximum Gasteiger partial charge on any atom is 0.322 e. The molecule has 2 atom stereocenters. The standard InChI is InChI=1S/C27H26ClN3O3/c1-2-13-29-27(33)31-22-7-4-3-6-20(22)30-21-15-18(24-8-5-14-34-24)16-23(32)25(21)26(31)17-9-11-19(28)12-10-17/h3-12,14,18,26,30H,2,13,15-16H2,1H3,(H,29,33)/t18-,26-/m0/s1. The fourth-order valence-electron chi connectivity index (χ4n) is 4.82. The van der Waals surface area contributed by atoms with E-state index in [0.717, 1.165) is 29.1 Å². The van der Waals surface area contributed by atoms with Gasteiger partial charge < -0.3 is 15.1 Å². The van der Waals surface area contributed by atoms with Crippen LogP contribution >= 0.6 is 11.6 Å². The Kier molecular flexibility index (Phi) is 6.16. The third kappa shape index (κ3) is 4.10. The van der Waals surface area contributed by atoms with E-state index in [1.807, 2.05) is 55.5 Å². The van der Waals surface area contributed by atoms with Crippen molar-refractivity contribution >= 4 is 34.8 Å². The summed E-state index contributed by atoms with van der Waals surface area (Å²) < 4.78 is 5.64. The van der Waals surface area contributed by atoms with Gasteiger partial charge in [0.1, 0.15) is 5.76 Å². The van der Waals surface area contributed by atoms with Crippen molar-refractivity contribution in [3.8, 4) is 0 Å². The van der Waals surface area contributed by atoms with Crippen LogP contribution in [0, 0.1) is 0 Å². The van der Waals surface area contributed by atoms with Gasteiger partial charge in [-0.15, -0.1) is 0 Å². The van der Waals surface area contributed by atoms with Crippen molar-refractivity contribution in [1.29, 1.82) is 0 Å². The lowest BCUT2D eigenvalue weighted by molar-refractivity contribution is -0.116. The summed E-state index contributed by atoms with van der Waals surface area (Å²) in [5, 5.41) is 7.11. The Bertz CT molecular complexity index is 1230. The lowest BCUT2D eigenvalue weighted by Crippen LogP contribution is -2.44. The van der Waals surface area contributed by atoms with Crippen molar-refractivity contribution in [3.05, 3.63) is 94.5 Å². The molecule has 0 bridgehead atoms. The summed E-state index contributed by atoms with van der Waals surface area (Å²) in [6.45, 7) is 2.55. The van der Waals surface area contributed by atoms with Gasteiger partial charge in [-0.3, -0.25) is 9.69 Å². The lowest BCUT2D eigenvalue weighted by Gasteiger charge is -2.34. The topological polar surface area (TPSA) is 74.6 Å². The number of rotatable bonds is 4. The molecule has 0 spiro atoms. The molecule has 0 unspecified atom stereocenters. The molecular formula is C27H26ClN3O3. The van der Waals surface area contributed by atoms with E-state index < -0.39 is 6.04 Å². The zero-order valence-corrected chi connectivity index (χ0v) is 19.6. The first kappa shape index (κ1) is 22.3. The number of urea groups is 1. The second-order valence-corrected chi connectivity index (χ2v) is 9.07. The number of halogens is 1. The maximum atomic E-state index is 13.7. The van der Waals surface area contributed by atoms with Gasteiger partial charge in [0.15, 0.2) is 5.78 Å². The van der Waals surface area contributed by atoms with E-state index in [1.165, 1.54) is 0 Å². The molecule has 2 amide bonds. The number of ketones is 1. The van der Waals surface area contributed by atoms with E-state index in [1.54, 1.807) is 23.3 Å². The molecule has 174 valence electrons. The number of para-hydroxylation sites is 2. The van der Waals surface area contributed by atoms with Crippen LogP contribution in [0.15, 0.2) is 82.6 Å². The summed E-state index contributed by atoms with van der Waals surface area (Å²) in [6, 6.07) is 17.9. The van der Waals surface area contributed by atoms with Gasteiger partial charge in [0.2, 0.25) is 0 Å². The molecule has 0 saturated heterocycles. The highest BCUT2D eigenvalue weighted by Crippen LogP contribution is 2.47. The molecule has 2 aliphatic rings. The molecule has 0 saturated carbocycles. The van der Waals surface area contributed by atoms with Gasteiger partial charge in [0, 0.05) is 35.2 Å². The number of furan rings is 1. The minimum absolute atomic E-state index is 0.00352. The predicted molar refractivity (Wildman–Crippen MR) is 133 cm³/mol. The molecule has 2 aromatic carbocycles. The monoisotopic (exact) mass is 475 g/mol. The molecule has 2 N–H and O–H groups in total. The number of amides is 2. The molecule has 7 heteroatoms. The molecule has 1 aromatic heterocycles. The Balaban J connectivity index is 1.69. The Hall–Kier alpha value is -3.51. The van der Waals surface area contributed by atoms with Crippen molar-refractivity contribution in [2.24, 2.45) is 0 Å². The summed E-state index contributed by atoms with van der Waals surface area (Å²) >= 11 is 6.18. The first-order chi connectivity index (χ1) is 16.6. The summed E-state index contributed by atoms with van der Waals surface area (Å²) in [5.41, 5.74) is 3.74. The van der Waals surface area contributed by atoms with Crippen LogP contribution < -0.4 is 15.5 Å². The van der Waals surface area contributed by atoms with Crippen molar-refractivity contribution in [2.75, 3.05) is 16.8 Å². The van der Waals surface area contributed by atoms with Gasteiger partial charge in [-0.2, -0.15) is 0 Å². The highest BCUT2D eigenvalue weighted by molar-refractivity contribution is 6.30. The van der Waals surface area contributed by atoms with Crippen LogP contribution in [0.25, 0.3) is 0 Å². The zero-order chi connectivity index (χ0) is 23.7. The Morgan fingerprint density at radius 1 is 1.12 bits per heavy atom. The highest BCUT2D eigenvalue weighted by Gasteiger charge is 2.42. The average Bonchev–Trinajstić information content (AvgIpc) is 3.33. The van der Waals surface area contributed by atoms with E-state index in [4.69, 9.17) is 16.0 Å². The van der Waals surface area contributed by atoms with Crippen LogP contribution in [-0.2, 0) is 4.79 Å². The van der Waals surface area contributed by atoms with E-state index >= 15 is 0 Å². The fraction of sp³-hybridized carbons (Fsp3) is 0.259. The molecule has 2 heterocycles. The second-order valence-electron chi connectivity index (χ2n) is 8.63. The molecule has 5 rings (SSSR count). The number of benzene rings is 2. The largest absolute Gasteiger partial charge is 0.469 e. The third-order valence-electron chi connectivity index (χ3n) is 6.36. The normalized spacial score (nSPS) is 19.7. The summed E-state index contributed by atoms with van der Waals surface area (Å²) in [7, 11) is 0. The van der Waals surface area contributed by atoms with E-state index in [9.17, 15) is 9.59 Å². The van der Waals surface area contributed by atoms with Gasteiger partial charge in [0.05, 0.1) is 23.7 Å². The second kappa shape index (κ2) is 9.39. The number of Topliss-reactive ketones (excluding diaryl/α,β-unsaturated/α-hetero) is 1. The van der Waals surface area contributed by atoms with Crippen molar-refractivity contribution < 1.29 is 14.0 Å². The molecule has 0 radical (unpaired) electrons. The Morgan fingerprint density at radius 3 is 2.65 bits per heavy atom. The molecular weight excluding hydrogens is 450 g/mol. The molecule has 3 aromatic rings. The van der Waals surface area contributed by atoms with Crippen molar-refractivity contribution in [3.63, 3.8) is 0 Å². The van der Waals surface area contributed by atoms with Gasteiger partial charge >= 0.3 is 6.03 Å². The lowest BCUT2D eigenvalue weighted by atomic mass is 9.80. The molecule has 6 nitrogen and oxygen atoms in total. The highest BCUT2D eigenvalue weighted by atomic mass is 35.5. The van der Waals surface area contributed by atoms with Gasteiger partial charge in [-0.1, -0.05) is 42.8 Å². The van der Waals surface area contributed by atoms with Crippen molar-refractivity contribution in [2.45, 2.75) is 38.1 Å². The summed E-state index contributed by atoms with van der Waals surface area (Å²) in [5.74, 6) is 0.725. The van der Waals surface area contributed by atoms with E-state index in [-0.39, 0.29) is 17.7 Å². The number of nitrogens with zero attached hydrogens (tertiary/aromatic N) is 1. The molecule has 1 aliphatic carbocycles. The number of fused-ring (bicyclic) bond motifs is 1. The number of hydrogen-bond donors (Lipinski definition) is 2. The van der Waals surface area contributed by atoms with Gasteiger partial charge in [0.25, 0.3) is 0 Å². The summed E-state index contributed by atoms with van der Waals surface area (Å²) in [4.78, 5) is 29.0. The number of nitrogens with one attached hydrogen (secondary N) is 2. The van der Waals surface area contributed by atoms with E-state index in [0.29, 0.717) is 35.7 Å². The number of hydrogen-bond acceptors (Lipinski definition) is 4. The number of carbonyl (C=O) groups excluding carboxylic acids is 2. The van der Waals surface area contributed by atoms with Crippen LogP contribution in [-0.4, -0.2) is 18.4 Å². The molecule has 1 aliphatic heterocycles. The van der Waals surface area contributed by atoms with Gasteiger partial charge in [-0.25, -0.2) is 4.79 Å². The number of anilines is 2. The molecule has 34 heavy (non-hydrogen) atoms. The maximum absolute atomic E-state index is 13.7. The first-order valence-corrected chi connectivity index (χ1v) is 11.9. The third-order valence-corrected chi connectivity index (χ3v) is 6.62. The fourth-order valence-corrected chi connectivity index (χ4v) is 4.94. The van der Waals surface area contributed by atoms with E-state index in [2.05, 4.69) is 10.6 Å². The smallest absolute Gasteiger partial charge is 0.322 e. The van der Waals surface area contributed by atoms with Crippen LogP contribution in [0.5, 0.6) is 0 Å². The minimum Gasteiger partial charge on any atom is -0.469 e. The molecule has 0 fully saturated rings. The average molecular weight is 476 g/mol. The Morgan fingerprint density at radius 2 is 1.91 bits per heavy atom. The predicted octanol–water partition coefficient (Wildman–Crippen LogP) is 6.43. The minimum atomic E-state index is -0.592. The van der Waals surface area contributed by atoms with Crippen LogP contribution in [0.3, 0.4) is 0 Å². The SMILES string of the molecule is CCCNC(=O)N1c2ccccc2NC2=C(C(=O)C[C@@H](c3ccco3)C2)[C@@H]1c1ccc(Cl)cc1. The summed E-state index contributed by atoms with van der Waals surface area (Å²) in [6.07, 6.45) is 3.37. The van der Waals surface area contributed by atoms with Crippen molar-refractivity contribution in [1.82, 2.24) is 5.32 Å². The van der Waals surface area contributed by atoms with Crippen LogP contribution in [0.1, 0.15) is 49.5 Å². The Labute approximate surface area is 203 Å². The zero-order valence-electron chi connectivity index (χ0n) is 18.9.